The molecule has 0 amide bonds. The lowest BCUT2D eigenvalue weighted by molar-refractivity contribution is 0.580. The summed E-state index contributed by atoms with van der Waals surface area (Å²) in [4.78, 5) is 5.93. The fraction of sp³-hybridized carbons (Fsp3) is 0.182. The van der Waals surface area contributed by atoms with Crippen LogP contribution >= 0.6 is 11.3 Å². The van der Waals surface area contributed by atoms with Gasteiger partial charge < -0.3 is 4.90 Å². The van der Waals surface area contributed by atoms with Crippen molar-refractivity contribution in [1.82, 2.24) is 0 Å². The number of anilines is 1. The molecule has 1 aliphatic rings. The van der Waals surface area contributed by atoms with Crippen LogP contribution in [0.1, 0.15) is 24.8 Å². The fourth-order valence-electron chi connectivity index (χ4n) is 4.84. The van der Waals surface area contributed by atoms with E-state index < -0.39 is 0 Å². The molecule has 42 heavy (non-hydrogen) atoms. The molecule has 1 aromatic heterocycles. The molecule has 1 aliphatic heterocycles. The Morgan fingerprint density at radius 2 is 1.24 bits per heavy atom. The maximum absolute atomic E-state index is 7.17. The molecule has 0 atom stereocenters. The molecule has 4 aromatic carbocycles. The molecule has 1 saturated heterocycles. The van der Waals surface area contributed by atoms with E-state index in [0.717, 1.165) is 45.8 Å². The molecule has 0 spiro atoms. The van der Waals surface area contributed by atoms with Gasteiger partial charge in [0.1, 0.15) is 5.00 Å². The topological polar surface area (TPSA) is 81.8 Å². The van der Waals surface area contributed by atoms with Gasteiger partial charge in [0.05, 0.1) is 40.0 Å². The van der Waals surface area contributed by atoms with Crippen molar-refractivity contribution in [2.45, 2.75) is 26.2 Å². The summed E-state index contributed by atoms with van der Waals surface area (Å²) in [6.07, 6.45) is 3.82. The fourth-order valence-corrected chi connectivity index (χ4v) is 5.72. The van der Waals surface area contributed by atoms with E-state index in [4.69, 9.17) is 6.57 Å². The Balaban J connectivity index is 1.16. The molecule has 0 radical (unpaired) electrons. The quantitative estimate of drug-likeness (QED) is 0.142. The third kappa shape index (κ3) is 6.29. The van der Waals surface area contributed by atoms with E-state index in [1.807, 2.05) is 79.7 Å². The molecular weight excluding hydrogens is 540 g/mol. The zero-order valence-electron chi connectivity index (χ0n) is 23.2. The van der Waals surface area contributed by atoms with Crippen molar-refractivity contribution < 1.29 is 0 Å². The van der Waals surface area contributed by atoms with Crippen LogP contribution in [0.25, 0.3) is 15.6 Å². The summed E-state index contributed by atoms with van der Waals surface area (Å²) < 4.78 is 0. The zero-order valence-corrected chi connectivity index (χ0v) is 24.0. The number of hydrogen-bond donors (Lipinski definition) is 0. The number of azo groups is 3. The minimum Gasteiger partial charge on any atom is -0.363 e. The highest BCUT2D eigenvalue weighted by atomic mass is 32.1. The molecule has 9 heteroatoms. The first-order valence-electron chi connectivity index (χ1n) is 13.9. The molecule has 0 bridgehead atoms. The van der Waals surface area contributed by atoms with Crippen LogP contribution < -0.4 is 4.90 Å². The molecule has 0 unspecified atom stereocenters. The Hall–Kier alpha value is -5.07. The van der Waals surface area contributed by atoms with Crippen LogP contribution in [-0.4, -0.2) is 13.1 Å². The highest BCUT2D eigenvalue weighted by Crippen LogP contribution is 2.38. The number of hydrogen-bond acceptors (Lipinski definition) is 8. The van der Waals surface area contributed by atoms with Crippen LogP contribution in [-0.2, 0) is 0 Å². The van der Waals surface area contributed by atoms with Crippen LogP contribution in [0.5, 0.6) is 0 Å². The minimum absolute atomic E-state index is 0.621. The number of aryl methyl sites for hydroxylation is 1. The first kappa shape index (κ1) is 27.1. The maximum Gasteiger partial charge on any atom is 0.190 e. The van der Waals surface area contributed by atoms with Gasteiger partial charge in [-0.25, -0.2) is 4.85 Å². The van der Waals surface area contributed by atoms with E-state index in [1.165, 1.54) is 24.3 Å². The van der Waals surface area contributed by atoms with E-state index in [0.29, 0.717) is 22.7 Å². The van der Waals surface area contributed by atoms with Gasteiger partial charge in [0.25, 0.3) is 0 Å². The lowest BCUT2D eigenvalue weighted by Gasteiger charge is -2.26. The Kier molecular flexibility index (Phi) is 8.15. The molecule has 2 heterocycles. The molecule has 0 aliphatic carbocycles. The van der Waals surface area contributed by atoms with E-state index >= 15 is 0 Å². The first-order valence-corrected chi connectivity index (χ1v) is 14.7. The predicted molar refractivity (Wildman–Crippen MR) is 171 cm³/mol. The van der Waals surface area contributed by atoms with Gasteiger partial charge in [0, 0.05) is 23.9 Å². The number of nitrogens with zero attached hydrogens (tertiary/aromatic N) is 8. The lowest BCUT2D eigenvalue weighted by Crippen LogP contribution is -2.28. The summed E-state index contributed by atoms with van der Waals surface area (Å²) >= 11 is 1.69. The van der Waals surface area contributed by atoms with Gasteiger partial charge in [0.2, 0.25) is 0 Å². The normalized spacial score (nSPS) is 14.0. The molecule has 206 valence electrons. The van der Waals surface area contributed by atoms with E-state index in [2.05, 4.69) is 46.5 Å². The van der Waals surface area contributed by atoms with Gasteiger partial charge in [-0.05, 0) is 92.4 Å². The van der Waals surface area contributed by atoms with Crippen molar-refractivity contribution in [1.29, 1.82) is 0 Å². The van der Waals surface area contributed by atoms with Crippen LogP contribution in [0.3, 0.4) is 0 Å². The Morgan fingerprint density at radius 1 is 0.643 bits per heavy atom. The van der Waals surface area contributed by atoms with Crippen LogP contribution in [0.2, 0.25) is 0 Å². The summed E-state index contributed by atoms with van der Waals surface area (Å²) in [5, 5.41) is 30.8. The van der Waals surface area contributed by atoms with E-state index in [-0.39, 0.29) is 0 Å². The van der Waals surface area contributed by atoms with Crippen molar-refractivity contribution in [3.05, 3.63) is 108 Å². The van der Waals surface area contributed by atoms with Gasteiger partial charge >= 0.3 is 0 Å². The number of piperidine rings is 1. The summed E-state index contributed by atoms with van der Waals surface area (Å²) in [6, 6.07) is 28.9. The smallest absolute Gasteiger partial charge is 0.190 e. The standard InChI is InChI=1S/C33H28N8S/c1-23-22-26(14-15-29(23)34-2)37-35-24-10-12-25(13-11-24)36-38-30-16-17-31(28-9-5-4-8-27(28)30)39-40-32-18-19-33(42-32)41-20-6-3-7-21-41/h4-5,8-19,22H,3,6-7,20-21H2,1H3. The summed E-state index contributed by atoms with van der Waals surface area (Å²) in [5.74, 6) is 0. The Bertz CT molecular complexity index is 1840. The number of rotatable bonds is 7. The molecule has 1 fully saturated rings. The molecule has 8 nitrogen and oxygen atoms in total. The van der Waals surface area contributed by atoms with Crippen molar-refractivity contribution in [2.75, 3.05) is 18.0 Å². The molecule has 6 rings (SSSR count). The Morgan fingerprint density at radius 3 is 1.88 bits per heavy atom. The van der Waals surface area contributed by atoms with Gasteiger partial charge in [0.15, 0.2) is 5.69 Å². The molecule has 0 saturated carbocycles. The number of fused-ring (bicyclic) bond motifs is 1. The molecular formula is C33H28N8S. The summed E-state index contributed by atoms with van der Waals surface area (Å²) in [6.45, 7) is 11.3. The van der Waals surface area contributed by atoms with Crippen LogP contribution in [0, 0.1) is 13.5 Å². The van der Waals surface area contributed by atoms with Crippen molar-refractivity contribution >= 4 is 66.2 Å². The van der Waals surface area contributed by atoms with Crippen molar-refractivity contribution in [3.8, 4) is 0 Å². The lowest BCUT2D eigenvalue weighted by atomic mass is 10.1. The van der Waals surface area contributed by atoms with E-state index in [1.54, 1.807) is 23.5 Å². The third-order valence-electron chi connectivity index (χ3n) is 7.08. The van der Waals surface area contributed by atoms with Crippen LogP contribution in [0.15, 0.2) is 122 Å². The van der Waals surface area contributed by atoms with Crippen molar-refractivity contribution in [2.24, 2.45) is 30.7 Å². The maximum atomic E-state index is 7.17. The summed E-state index contributed by atoms with van der Waals surface area (Å²) in [7, 11) is 0. The highest BCUT2D eigenvalue weighted by Gasteiger charge is 2.13. The minimum atomic E-state index is 0.621. The van der Waals surface area contributed by atoms with Gasteiger partial charge in [-0.2, -0.15) is 15.3 Å². The van der Waals surface area contributed by atoms with Gasteiger partial charge in [-0.15, -0.1) is 15.3 Å². The zero-order chi connectivity index (χ0) is 28.7. The van der Waals surface area contributed by atoms with Gasteiger partial charge in [-0.1, -0.05) is 41.7 Å². The largest absolute Gasteiger partial charge is 0.363 e. The number of benzene rings is 4. The number of thiophene rings is 1. The predicted octanol–water partition coefficient (Wildman–Crippen LogP) is 12.0. The highest BCUT2D eigenvalue weighted by molar-refractivity contribution is 7.19. The molecule has 5 aromatic rings. The second kappa shape index (κ2) is 12.6. The molecule has 0 N–H and O–H groups in total. The van der Waals surface area contributed by atoms with Crippen molar-refractivity contribution in [3.63, 3.8) is 0 Å². The average molecular weight is 569 g/mol. The first-order chi connectivity index (χ1) is 20.7. The second-order valence-electron chi connectivity index (χ2n) is 10.0. The Labute approximate surface area is 248 Å². The van der Waals surface area contributed by atoms with Gasteiger partial charge in [-0.3, -0.25) is 0 Å². The third-order valence-corrected chi connectivity index (χ3v) is 8.11. The SMILES string of the molecule is [C-]#[N+]c1ccc(N=Nc2ccc(N=Nc3ccc(N=Nc4ccc(N5CCCCC5)s4)c4ccccc34)cc2)cc1C. The monoisotopic (exact) mass is 568 g/mol. The summed E-state index contributed by atoms with van der Waals surface area (Å²) in [5.41, 5.74) is 5.18. The second-order valence-corrected chi connectivity index (χ2v) is 11.0. The average Bonchev–Trinajstić information content (AvgIpc) is 3.52. The van der Waals surface area contributed by atoms with E-state index in [9.17, 15) is 0 Å². The van der Waals surface area contributed by atoms with Crippen LogP contribution in [0.4, 0.5) is 44.1 Å².